The fraction of sp³-hybridized carbons (Fsp3) is 0.333. The van der Waals surface area contributed by atoms with Gasteiger partial charge in [-0.05, 0) is 86.0 Å². The Balaban J connectivity index is 0.00000257. The zero-order valence-electron chi connectivity index (χ0n) is 34.1. The lowest BCUT2D eigenvalue weighted by molar-refractivity contribution is -0.151. The second-order valence-electron chi connectivity index (χ2n) is 13.5. The highest BCUT2D eigenvalue weighted by atomic mass is 32.2. The van der Waals surface area contributed by atoms with Gasteiger partial charge in [-0.25, -0.2) is 27.0 Å². The predicted octanol–water partition coefficient (Wildman–Crippen LogP) is 6.52. The molecule has 0 bridgehead atoms. The summed E-state index contributed by atoms with van der Waals surface area (Å²) in [5.74, 6) is -2.57. The van der Waals surface area contributed by atoms with Crippen molar-refractivity contribution in [3.05, 3.63) is 96.4 Å². The third-order valence-electron chi connectivity index (χ3n) is 8.71. The Bertz CT molecular complexity index is 2360. The first-order chi connectivity index (χ1) is 28.7. The second kappa shape index (κ2) is 22.1. The number of pyridine rings is 1. The van der Waals surface area contributed by atoms with Crippen LogP contribution < -0.4 is 26.0 Å². The number of rotatable bonds is 17. The minimum Gasteiger partial charge on any atom is -0.495 e. The molecule has 0 radical (unpaired) electrons. The maximum absolute atomic E-state index is 13.6. The van der Waals surface area contributed by atoms with Gasteiger partial charge in [-0.1, -0.05) is 51.0 Å². The summed E-state index contributed by atoms with van der Waals surface area (Å²) in [6, 6.07) is 20.1. The summed E-state index contributed by atoms with van der Waals surface area (Å²) in [5, 5.41) is 9.81. The third kappa shape index (κ3) is 13.1. The molecule has 0 saturated carbocycles. The van der Waals surface area contributed by atoms with E-state index in [-0.39, 0.29) is 46.3 Å². The van der Waals surface area contributed by atoms with Gasteiger partial charge in [0.05, 0.1) is 23.6 Å². The average molecular weight is 848 g/mol. The molecule has 320 valence electrons. The Hall–Kier alpha value is -6.40. The van der Waals surface area contributed by atoms with Crippen LogP contribution in [0, 0.1) is 5.82 Å². The summed E-state index contributed by atoms with van der Waals surface area (Å²) in [4.78, 5) is 56.1. The lowest BCUT2D eigenvalue weighted by Gasteiger charge is -2.21. The monoisotopic (exact) mass is 847 g/mol. The number of nitrogens with one attached hydrogen (secondary N) is 2. The second-order valence-corrected chi connectivity index (χ2v) is 15.6. The van der Waals surface area contributed by atoms with Gasteiger partial charge >= 0.3 is 12.1 Å². The summed E-state index contributed by atoms with van der Waals surface area (Å²) in [6.07, 6.45) is 5.25. The summed E-state index contributed by atoms with van der Waals surface area (Å²) in [7, 11) is -2.37. The van der Waals surface area contributed by atoms with Crippen molar-refractivity contribution in [3.63, 3.8) is 0 Å². The zero-order chi connectivity index (χ0) is 43.8. The van der Waals surface area contributed by atoms with E-state index in [0.29, 0.717) is 35.4 Å². The topological polar surface area (TPSA) is 214 Å². The van der Waals surface area contributed by atoms with Gasteiger partial charge < -0.3 is 30.6 Å². The standard InChI is InChI=1S/C39H42FN7O9S.C3H8/c1-25(26-8-13-29(40)14-9-26)37(50)43-30-15-10-27(11-16-30)28-12-19-34-44-38(45-46(34)23-28)47(32-18-17-31(57(3,52)53)21-33(32)54-2)39(51)56-24-55-36(49)22-42-35(48)7-5-4-6-20-41;1-3-2/h8-19,21,23,25H,4-7,20,22,24,41H2,1-3H3,(H,42,48)(H,43,50);3H2,1-2H3. The van der Waals surface area contributed by atoms with Crippen LogP contribution in [-0.2, 0) is 33.7 Å². The molecule has 3 amide bonds. The number of carbonyl (C=O) groups excluding carboxylic acids is 4. The van der Waals surface area contributed by atoms with Gasteiger partial charge in [0.2, 0.25) is 18.6 Å². The number of aromatic nitrogens is 3. The molecule has 4 N–H and O–H groups in total. The van der Waals surface area contributed by atoms with Crippen molar-refractivity contribution in [1.29, 1.82) is 0 Å². The maximum atomic E-state index is 13.6. The molecule has 16 nitrogen and oxygen atoms in total. The maximum Gasteiger partial charge on any atom is 0.424 e. The fourth-order valence-electron chi connectivity index (χ4n) is 5.52. The summed E-state index contributed by atoms with van der Waals surface area (Å²) < 4.78 is 55.0. The molecule has 5 aromatic rings. The Kier molecular flexibility index (Phi) is 17.1. The molecule has 0 fully saturated rings. The van der Waals surface area contributed by atoms with Gasteiger partial charge in [0.1, 0.15) is 18.1 Å². The number of ether oxygens (including phenoxy) is 3. The van der Waals surface area contributed by atoms with Gasteiger partial charge in [0.15, 0.2) is 15.5 Å². The molecule has 0 aliphatic carbocycles. The van der Waals surface area contributed by atoms with Gasteiger partial charge in [-0.2, -0.15) is 4.98 Å². The molecule has 1 unspecified atom stereocenters. The van der Waals surface area contributed by atoms with Gasteiger partial charge in [0, 0.05) is 36.2 Å². The normalized spacial score (nSPS) is 11.4. The van der Waals surface area contributed by atoms with Crippen molar-refractivity contribution in [2.24, 2.45) is 5.73 Å². The number of unbranched alkanes of at least 4 members (excludes halogenated alkanes) is 2. The highest BCUT2D eigenvalue weighted by Crippen LogP contribution is 2.35. The Labute approximate surface area is 348 Å². The molecule has 0 saturated heterocycles. The fourth-order valence-corrected chi connectivity index (χ4v) is 6.16. The van der Waals surface area contributed by atoms with Gasteiger partial charge in [0.25, 0.3) is 5.95 Å². The highest BCUT2D eigenvalue weighted by Gasteiger charge is 2.29. The first-order valence-electron chi connectivity index (χ1n) is 19.2. The number of benzene rings is 3. The van der Waals surface area contributed by atoms with E-state index in [1.165, 1.54) is 48.4 Å². The van der Waals surface area contributed by atoms with E-state index >= 15 is 0 Å². The van der Waals surface area contributed by atoms with Gasteiger partial charge in [-0.15, -0.1) is 5.10 Å². The molecule has 0 aliphatic heterocycles. The van der Waals surface area contributed by atoms with Crippen molar-refractivity contribution in [2.45, 2.75) is 63.7 Å². The van der Waals surface area contributed by atoms with Gasteiger partial charge in [-0.3, -0.25) is 14.4 Å². The molecule has 5 rings (SSSR count). The molecular weight excluding hydrogens is 798 g/mol. The molecule has 18 heteroatoms. The first kappa shape index (κ1) is 46.3. The lowest BCUT2D eigenvalue weighted by atomic mass is 10.00. The summed E-state index contributed by atoms with van der Waals surface area (Å²) in [6.45, 7) is 5.23. The van der Waals surface area contributed by atoms with Crippen LogP contribution in [-0.4, -0.2) is 80.1 Å². The molecule has 3 aromatic carbocycles. The Morgan fingerprint density at radius 3 is 2.25 bits per heavy atom. The Morgan fingerprint density at radius 2 is 1.60 bits per heavy atom. The van der Waals surface area contributed by atoms with E-state index in [2.05, 4.69) is 34.6 Å². The van der Waals surface area contributed by atoms with Crippen molar-refractivity contribution in [3.8, 4) is 16.9 Å². The molecule has 60 heavy (non-hydrogen) atoms. The van der Waals surface area contributed by atoms with Crippen LogP contribution in [0.3, 0.4) is 0 Å². The van der Waals surface area contributed by atoms with Crippen LogP contribution in [0.4, 0.5) is 26.5 Å². The number of fused-ring (bicyclic) bond motifs is 1. The number of halogens is 1. The molecule has 2 aromatic heterocycles. The number of esters is 1. The van der Waals surface area contributed by atoms with E-state index < -0.39 is 41.2 Å². The summed E-state index contributed by atoms with van der Waals surface area (Å²) >= 11 is 0. The highest BCUT2D eigenvalue weighted by molar-refractivity contribution is 7.90. The van der Waals surface area contributed by atoms with Crippen LogP contribution in [0.2, 0.25) is 0 Å². The minimum atomic E-state index is -3.66. The molecular formula is C42H50FN7O9S. The quantitative estimate of drug-likeness (QED) is 0.0519. The van der Waals surface area contributed by atoms with E-state index in [0.717, 1.165) is 29.6 Å². The SMILES string of the molecule is CCC.COc1cc(S(C)(=O)=O)ccc1N(C(=O)OCOC(=O)CNC(=O)CCCCCN)c1nc2ccc(-c3ccc(NC(=O)C(C)c4ccc(F)cc4)cc3)cn2n1. The summed E-state index contributed by atoms with van der Waals surface area (Å²) in [5.41, 5.74) is 8.49. The van der Waals surface area contributed by atoms with Crippen molar-refractivity contribution < 1.29 is 46.2 Å². The molecule has 1 atom stereocenters. The largest absolute Gasteiger partial charge is 0.495 e. The number of amides is 3. The first-order valence-corrected chi connectivity index (χ1v) is 21.1. The number of nitrogens with two attached hydrogens (primary N) is 1. The number of sulfone groups is 1. The van der Waals surface area contributed by atoms with Crippen molar-refractivity contribution in [1.82, 2.24) is 19.9 Å². The van der Waals surface area contributed by atoms with E-state index in [1.807, 2.05) is 0 Å². The third-order valence-corrected chi connectivity index (χ3v) is 9.82. The number of methoxy groups -OCH3 is 1. The molecule has 0 spiro atoms. The van der Waals surface area contributed by atoms with Crippen LogP contribution in [0.5, 0.6) is 5.75 Å². The molecule has 2 heterocycles. The van der Waals surface area contributed by atoms with Crippen molar-refractivity contribution >= 4 is 56.7 Å². The van der Waals surface area contributed by atoms with Crippen molar-refractivity contribution in [2.75, 3.05) is 43.5 Å². The average Bonchev–Trinajstić information content (AvgIpc) is 3.65. The zero-order valence-corrected chi connectivity index (χ0v) is 35.0. The van der Waals surface area contributed by atoms with E-state index in [9.17, 15) is 32.0 Å². The smallest absolute Gasteiger partial charge is 0.424 e. The minimum absolute atomic E-state index is 0.0191. The van der Waals surface area contributed by atoms with Crippen LogP contribution >= 0.6 is 0 Å². The molecule has 0 aliphatic rings. The van der Waals surface area contributed by atoms with Crippen LogP contribution in [0.1, 0.15) is 64.4 Å². The van der Waals surface area contributed by atoms with Crippen LogP contribution in [0.15, 0.2) is 90.0 Å². The lowest BCUT2D eigenvalue weighted by Crippen LogP contribution is -2.32. The number of hydrogen-bond donors (Lipinski definition) is 3. The van der Waals surface area contributed by atoms with E-state index in [1.54, 1.807) is 61.7 Å². The van der Waals surface area contributed by atoms with Crippen LogP contribution in [0.25, 0.3) is 16.8 Å². The Morgan fingerprint density at radius 1 is 0.917 bits per heavy atom. The predicted molar refractivity (Wildman–Crippen MR) is 224 cm³/mol. The number of nitrogens with zero attached hydrogens (tertiary/aromatic N) is 4. The number of anilines is 3. The van der Waals surface area contributed by atoms with E-state index in [4.69, 9.17) is 19.9 Å². The number of hydrogen-bond acceptors (Lipinski definition) is 12. The number of carbonyl (C=O) groups is 4.